The Morgan fingerprint density at radius 3 is 2.64 bits per heavy atom. The predicted molar refractivity (Wildman–Crippen MR) is 42.1 cm³/mol. The van der Waals surface area contributed by atoms with Crippen LogP contribution in [0.1, 0.15) is 20.3 Å². The van der Waals surface area contributed by atoms with Crippen LogP contribution in [0, 0.1) is 12.8 Å². The highest BCUT2D eigenvalue weighted by Crippen LogP contribution is 1.94. The molecule has 0 aliphatic rings. The van der Waals surface area contributed by atoms with E-state index in [1.54, 1.807) is 0 Å². The Morgan fingerprint density at radius 2 is 2.18 bits per heavy atom. The quantitative estimate of drug-likeness (QED) is 0.589. The van der Waals surface area contributed by atoms with Crippen LogP contribution in [0.5, 0.6) is 0 Å². The molecule has 0 fully saturated rings. The van der Waals surface area contributed by atoms with Crippen molar-refractivity contribution < 1.29 is 14.3 Å². The van der Waals surface area contributed by atoms with Crippen LogP contribution in [-0.4, -0.2) is 19.4 Å². The lowest BCUT2D eigenvalue weighted by molar-refractivity contribution is 0.0497. The number of carbonyl (C=O) groups is 1. The summed E-state index contributed by atoms with van der Waals surface area (Å²) in [4.78, 5) is 10.6. The summed E-state index contributed by atoms with van der Waals surface area (Å²) in [6, 6.07) is 0. The fourth-order valence-electron chi connectivity index (χ4n) is 0.437. The van der Waals surface area contributed by atoms with Crippen molar-refractivity contribution in [3.63, 3.8) is 0 Å². The van der Waals surface area contributed by atoms with Crippen LogP contribution in [-0.2, 0) is 9.47 Å². The van der Waals surface area contributed by atoms with Crippen LogP contribution >= 0.6 is 0 Å². The Bertz CT molecular complexity index is 110. The molecular formula is C8H15O3. The fraction of sp³-hybridized carbons (Fsp3) is 0.750. The highest BCUT2D eigenvalue weighted by Gasteiger charge is 2.03. The van der Waals surface area contributed by atoms with Crippen LogP contribution in [0.2, 0.25) is 0 Å². The molecule has 3 nitrogen and oxygen atoms in total. The van der Waals surface area contributed by atoms with E-state index in [-0.39, 0.29) is 5.92 Å². The largest absolute Gasteiger partial charge is 0.508 e. The average molecular weight is 159 g/mol. The van der Waals surface area contributed by atoms with E-state index in [4.69, 9.17) is 0 Å². The fourth-order valence-corrected chi connectivity index (χ4v) is 0.437. The number of hydrogen-bond acceptors (Lipinski definition) is 3. The molecule has 0 aromatic heterocycles. The number of hydrogen-bond donors (Lipinski definition) is 0. The second-order valence-corrected chi connectivity index (χ2v) is 2.51. The molecule has 0 amide bonds. The van der Waals surface area contributed by atoms with Gasteiger partial charge in [0.2, 0.25) is 0 Å². The van der Waals surface area contributed by atoms with Crippen LogP contribution in [0.15, 0.2) is 0 Å². The van der Waals surface area contributed by atoms with Crippen molar-refractivity contribution in [2.45, 2.75) is 20.3 Å². The van der Waals surface area contributed by atoms with E-state index in [0.29, 0.717) is 13.2 Å². The molecule has 0 heterocycles. The minimum absolute atomic E-state index is 0.115. The lowest BCUT2D eigenvalue weighted by Crippen LogP contribution is -2.11. The third-order valence-corrected chi connectivity index (χ3v) is 0.910. The topological polar surface area (TPSA) is 35.5 Å². The summed E-state index contributed by atoms with van der Waals surface area (Å²) in [6.45, 7) is 8.20. The maximum absolute atomic E-state index is 10.6. The molecule has 65 valence electrons. The summed E-state index contributed by atoms with van der Waals surface area (Å²) >= 11 is 0. The van der Waals surface area contributed by atoms with E-state index in [1.807, 2.05) is 13.8 Å². The Kier molecular flexibility index (Phi) is 5.61. The van der Waals surface area contributed by atoms with Crippen molar-refractivity contribution in [3.05, 3.63) is 6.92 Å². The third-order valence-electron chi connectivity index (χ3n) is 0.910. The normalized spacial score (nSPS) is 9.82. The SMILES string of the molecule is [CH2]C(C)COC(=O)OCCC. The summed E-state index contributed by atoms with van der Waals surface area (Å²) in [5.74, 6) is 0.115. The van der Waals surface area contributed by atoms with Gasteiger partial charge in [0, 0.05) is 0 Å². The maximum atomic E-state index is 10.6. The molecule has 1 atom stereocenters. The molecule has 3 heteroatoms. The van der Waals surface area contributed by atoms with Crippen LogP contribution in [0.3, 0.4) is 0 Å². The molecule has 11 heavy (non-hydrogen) atoms. The highest BCUT2D eigenvalue weighted by molar-refractivity contribution is 5.59. The van der Waals surface area contributed by atoms with Crippen LogP contribution in [0.4, 0.5) is 4.79 Å². The van der Waals surface area contributed by atoms with Gasteiger partial charge >= 0.3 is 6.16 Å². The van der Waals surface area contributed by atoms with Gasteiger partial charge in [-0.2, -0.15) is 0 Å². The zero-order chi connectivity index (χ0) is 8.69. The van der Waals surface area contributed by atoms with Crippen LogP contribution in [0.25, 0.3) is 0 Å². The van der Waals surface area contributed by atoms with Gasteiger partial charge in [0.25, 0.3) is 0 Å². The van der Waals surface area contributed by atoms with Crippen molar-refractivity contribution in [1.29, 1.82) is 0 Å². The second-order valence-electron chi connectivity index (χ2n) is 2.51. The number of rotatable bonds is 4. The molecule has 0 aliphatic carbocycles. The molecule has 0 saturated heterocycles. The van der Waals surface area contributed by atoms with Crippen molar-refractivity contribution >= 4 is 6.16 Å². The van der Waals surface area contributed by atoms with Gasteiger partial charge in [-0.05, 0) is 19.3 Å². The highest BCUT2D eigenvalue weighted by atomic mass is 16.7. The molecule has 0 spiro atoms. The first-order valence-corrected chi connectivity index (χ1v) is 3.79. The zero-order valence-corrected chi connectivity index (χ0v) is 7.13. The van der Waals surface area contributed by atoms with Gasteiger partial charge in [0.1, 0.15) is 0 Å². The molecular weight excluding hydrogens is 144 g/mol. The van der Waals surface area contributed by atoms with Crippen LogP contribution < -0.4 is 0 Å². The molecule has 0 aliphatic heterocycles. The molecule has 0 rings (SSSR count). The molecule has 0 aromatic carbocycles. The third kappa shape index (κ3) is 7.16. The van der Waals surface area contributed by atoms with Gasteiger partial charge in [0.15, 0.2) is 0 Å². The first kappa shape index (κ1) is 10.3. The summed E-state index contributed by atoms with van der Waals surface area (Å²) < 4.78 is 9.33. The first-order valence-electron chi connectivity index (χ1n) is 3.79. The average Bonchev–Trinajstić information content (AvgIpc) is 1.97. The summed E-state index contributed by atoms with van der Waals surface area (Å²) in [5, 5.41) is 0. The number of carbonyl (C=O) groups excluding carboxylic acids is 1. The summed E-state index contributed by atoms with van der Waals surface area (Å²) in [5.41, 5.74) is 0. The molecule has 0 aromatic rings. The molecule has 0 saturated carbocycles. The van der Waals surface area contributed by atoms with Gasteiger partial charge in [-0.3, -0.25) is 0 Å². The minimum atomic E-state index is -0.595. The van der Waals surface area contributed by atoms with E-state index < -0.39 is 6.16 Å². The summed E-state index contributed by atoms with van der Waals surface area (Å²) in [7, 11) is 0. The lowest BCUT2D eigenvalue weighted by atomic mass is 10.2. The Balaban J connectivity index is 3.23. The number of ether oxygens (including phenoxy) is 2. The van der Waals surface area contributed by atoms with Gasteiger partial charge in [-0.15, -0.1) is 0 Å². The van der Waals surface area contributed by atoms with Crippen molar-refractivity contribution in [2.75, 3.05) is 13.2 Å². The predicted octanol–water partition coefficient (Wildman–Crippen LogP) is 2.02. The summed E-state index contributed by atoms with van der Waals surface area (Å²) in [6.07, 6.45) is 0.219. The van der Waals surface area contributed by atoms with E-state index in [1.165, 1.54) is 0 Å². The van der Waals surface area contributed by atoms with Crippen molar-refractivity contribution in [3.8, 4) is 0 Å². The molecule has 0 bridgehead atoms. The lowest BCUT2D eigenvalue weighted by Gasteiger charge is -2.06. The molecule has 1 radical (unpaired) electrons. The van der Waals surface area contributed by atoms with Gasteiger partial charge in [-0.1, -0.05) is 13.8 Å². The van der Waals surface area contributed by atoms with E-state index in [2.05, 4.69) is 16.4 Å². The minimum Gasteiger partial charge on any atom is -0.434 e. The smallest absolute Gasteiger partial charge is 0.434 e. The van der Waals surface area contributed by atoms with Crippen molar-refractivity contribution in [1.82, 2.24) is 0 Å². The molecule has 0 N–H and O–H groups in total. The Labute approximate surface area is 67.7 Å². The second kappa shape index (κ2) is 6.01. The van der Waals surface area contributed by atoms with Gasteiger partial charge in [0.05, 0.1) is 13.2 Å². The standard InChI is InChI=1S/C8H15O3/c1-4-5-10-8(9)11-6-7(2)3/h7H,2,4-6H2,1,3H3. The van der Waals surface area contributed by atoms with E-state index in [0.717, 1.165) is 6.42 Å². The van der Waals surface area contributed by atoms with Gasteiger partial charge < -0.3 is 9.47 Å². The maximum Gasteiger partial charge on any atom is 0.508 e. The Hall–Kier alpha value is -0.730. The van der Waals surface area contributed by atoms with E-state index in [9.17, 15) is 4.79 Å². The first-order chi connectivity index (χ1) is 5.16. The monoisotopic (exact) mass is 159 g/mol. The van der Waals surface area contributed by atoms with Crippen molar-refractivity contribution in [2.24, 2.45) is 5.92 Å². The van der Waals surface area contributed by atoms with E-state index >= 15 is 0 Å². The Morgan fingerprint density at radius 1 is 1.55 bits per heavy atom. The van der Waals surface area contributed by atoms with Gasteiger partial charge in [-0.25, -0.2) is 4.79 Å². The zero-order valence-electron chi connectivity index (χ0n) is 7.13. The molecule has 1 unspecified atom stereocenters.